The Morgan fingerprint density at radius 1 is 1.40 bits per heavy atom. The van der Waals surface area contributed by atoms with Crippen molar-refractivity contribution in [1.29, 1.82) is 0 Å². The minimum Gasteiger partial charge on any atom is -0.508 e. The molecule has 1 aliphatic carbocycles. The topological polar surface area (TPSA) is 46.2 Å². The Labute approximate surface area is 90.4 Å². The van der Waals surface area contributed by atoms with Crippen molar-refractivity contribution in [3.05, 3.63) is 35.4 Å². The molecule has 0 radical (unpaired) electrons. The monoisotopic (exact) mass is 203 g/mol. The van der Waals surface area contributed by atoms with Crippen LogP contribution < -0.4 is 5.73 Å². The average Bonchev–Trinajstić information content (AvgIpc) is 2.61. The first kappa shape index (κ1) is 10.2. The lowest BCUT2D eigenvalue weighted by Crippen LogP contribution is -2.24. The van der Waals surface area contributed by atoms with Gasteiger partial charge in [-0.25, -0.2) is 0 Å². The number of hydrogen-bond donors (Lipinski definition) is 2. The van der Waals surface area contributed by atoms with Gasteiger partial charge in [0.2, 0.25) is 0 Å². The maximum atomic E-state index is 9.39. The van der Waals surface area contributed by atoms with Crippen LogP contribution in [0.2, 0.25) is 0 Å². The summed E-state index contributed by atoms with van der Waals surface area (Å²) < 4.78 is 0. The normalized spacial score (nSPS) is 15.0. The fourth-order valence-corrected chi connectivity index (χ4v) is 2.08. The first-order valence-electron chi connectivity index (χ1n) is 5.27. The van der Waals surface area contributed by atoms with E-state index >= 15 is 0 Å². The Bertz CT molecular complexity index is 419. The number of nitrogens with two attached hydrogens (primary N) is 1. The third-order valence-corrected chi connectivity index (χ3v) is 3.14. The smallest absolute Gasteiger partial charge is 0.115 e. The maximum absolute atomic E-state index is 9.39. The van der Waals surface area contributed by atoms with E-state index in [0.717, 1.165) is 6.42 Å². The molecule has 0 amide bonds. The molecule has 3 N–H and O–H groups in total. The van der Waals surface area contributed by atoms with E-state index in [-0.39, 0.29) is 5.41 Å². The fraction of sp³-hybridized carbons (Fsp3) is 0.385. The summed E-state index contributed by atoms with van der Waals surface area (Å²) in [4.78, 5) is 0. The molecule has 0 aliphatic heterocycles. The Morgan fingerprint density at radius 2 is 2.13 bits per heavy atom. The van der Waals surface area contributed by atoms with Crippen LogP contribution in [0.5, 0.6) is 5.75 Å². The number of fused-ring (bicyclic) bond motifs is 1. The van der Waals surface area contributed by atoms with Crippen molar-refractivity contribution in [2.24, 2.45) is 11.1 Å². The highest BCUT2D eigenvalue weighted by Gasteiger charge is 2.27. The average molecular weight is 203 g/mol. The lowest BCUT2D eigenvalue weighted by Gasteiger charge is -2.25. The molecule has 1 aromatic carbocycles. The van der Waals surface area contributed by atoms with Crippen molar-refractivity contribution in [2.45, 2.75) is 20.3 Å². The van der Waals surface area contributed by atoms with Crippen molar-refractivity contribution in [2.75, 3.05) is 6.54 Å². The van der Waals surface area contributed by atoms with Crippen LogP contribution in [0.4, 0.5) is 0 Å². The van der Waals surface area contributed by atoms with Crippen molar-refractivity contribution in [3.8, 4) is 5.75 Å². The van der Waals surface area contributed by atoms with Gasteiger partial charge in [-0.3, -0.25) is 0 Å². The lowest BCUT2D eigenvalue weighted by molar-refractivity contribution is 0.474. The summed E-state index contributed by atoms with van der Waals surface area (Å²) in [5, 5.41) is 9.39. The Kier molecular flexibility index (Phi) is 2.31. The van der Waals surface area contributed by atoms with Crippen LogP contribution in [0, 0.1) is 5.41 Å². The van der Waals surface area contributed by atoms with Crippen molar-refractivity contribution < 1.29 is 5.11 Å². The SMILES string of the molecule is CC(C)(CN)C1=CCc2cc(O)ccc21. The molecule has 0 heterocycles. The standard InChI is InChI=1S/C13H17NO/c1-13(2,8-14)12-6-3-9-7-10(15)4-5-11(9)12/h4-7,15H,3,8,14H2,1-2H3. The summed E-state index contributed by atoms with van der Waals surface area (Å²) >= 11 is 0. The zero-order chi connectivity index (χ0) is 11.1. The van der Waals surface area contributed by atoms with Gasteiger partial charge in [0.15, 0.2) is 0 Å². The predicted octanol–water partition coefficient (Wildman–Crippen LogP) is 2.32. The number of phenolic OH excluding ortho intramolecular Hbond substituents is 1. The molecule has 15 heavy (non-hydrogen) atoms. The molecule has 0 aromatic heterocycles. The fourth-order valence-electron chi connectivity index (χ4n) is 2.08. The van der Waals surface area contributed by atoms with Crippen molar-refractivity contribution >= 4 is 5.57 Å². The van der Waals surface area contributed by atoms with Gasteiger partial charge in [0.05, 0.1) is 0 Å². The molecule has 0 unspecified atom stereocenters. The maximum Gasteiger partial charge on any atom is 0.115 e. The minimum atomic E-state index is 0.0161. The zero-order valence-corrected chi connectivity index (χ0v) is 9.25. The summed E-state index contributed by atoms with van der Waals surface area (Å²) in [6, 6.07) is 5.57. The molecule has 2 rings (SSSR count). The van der Waals surface area contributed by atoms with Crippen molar-refractivity contribution in [3.63, 3.8) is 0 Å². The molecule has 1 aliphatic rings. The van der Waals surface area contributed by atoms with Gasteiger partial charge in [0.1, 0.15) is 5.75 Å². The molecular formula is C13H17NO. The van der Waals surface area contributed by atoms with Gasteiger partial charge < -0.3 is 10.8 Å². The third kappa shape index (κ3) is 1.65. The van der Waals surface area contributed by atoms with Crippen LogP contribution in [0.25, 0.3) is 5.57 Å². The van der Waals surface area contributed by atoms with Gasteiger partial charge >= 0.3 is 0 Å². The van der Waals surface area contributed by atoms with Gasteiger partial charge in [-0.2, -0.15) is 0 Å². The summed E-state index contributed by atoms with van der Waals surface area (Å²) in [6.45, 7) is 4.95. The summed E-state index contributed by atoms with van der Waals surface area (Å²) in [7, 11) is 0. The molecule has 2 heteroatoms. The number of benzene rings is 1. The van der Waals surface area contributed by atoms with E-state index in [2.05, 4.69) is 19.9 Å². The number of allylic oxidation sites excluding steroid dienone is 1. The number of rotatable bonds is 2. The highest BCUT2D eigenvalue weighted by molar-refractivity contribution is 5.77. The van der Waals surface area contributed by atoms with Gasteiger partial charge in [-0.15, -0.1) is 0 Å². The second-order valence-electron chi connectivity index (χ2n) is 4.75. The van der Waals surface area contributed by atoms with Gasteiger partial charge in [-0.05, 0) is 35.3 Å². The largest absolute Gasteiger partial charge is 0.508 e. The van der Waals surface area contributed by atoms with Gasteiger partial charge in [0.25, 0.3) is 0 Å². The molecule has 0 saturated carbocycles. The second kappa shape index (κ2) is 3.38. The highest BCUT2D eigenvalue weighted by Crippen LogP contribution is 2.40. The Hall–Kier alpha value is -1.28. The Balaban J connectivity index is 2.43. The summed E-state index contributed by atoms with van der Waals surface area (Å²) in [5.41, 5.74) is 9.54. The van der Waals surface area contributed by atoms with Crippen LogP contribution in [0.1, 0.15) is 25.0 Å². The number of phenols is 1. The van der Waals surface area contributed by atoms with E-state index in [1.165, 1.54) is 16.7 Å². The third-order valence-electron chi connectivity index (χ3n) is 3.14. The Morgan fingerprint density at radius 3 is 2.80 bits per heavy atom. The summed E-state index contributed by atoms with van der Waals surface area (Å²) in [5.74, 6) is 0.342. The molecular weight excluding hydrogens is 186 g/mol. The van der Waals surface area contributed by atoms with E-state index in [1.54, 1.807) is 6.07 Å². The minimum absolute atomic E-state index is 0.0161. The lowest BCUT2D eigenvalue weighted by atomic mass is 9.81. The van der Waals surface area contributed by atoms with Gasteiger partial charge in [-0.1, -0.05) is 26.0 Å². The molecule has 1 aromatic rings. The van der Waals surface area contributed by atoms with Crippen LogP contribution >= 0.6 is 0 Å². The summed E-state index contributed by atoms with van der Waals surface area (Å²) in [6.07, 6.45) is 3.12. The molecule has 0 bridgehead atoms. The van der Waals surface area contributed by atoms with Crippen molar-refractivity contribution in [1.82, 2.24) is 0 Å². The highest BCUT2D eigenvalue weighted by atomic mass is 16.3. The molecule has 0 fully saturated rings. The number of hydrogen-bond acceptors (Lipinski definition) is 2. The van der Waals surface area contributed by atoms with Crippen LogP contribution in [-0.2, 0) is 6.42 Å². The van der Waals surface area contributed by atoms with Crippen LogP contribution in [0.15, 0.2) is 24.3 Å². The first-order chi connectivity index (χ1) is 7.04. The molecule has 0 spiro atoms. The van der Waals surface area contributed by atoms with E-state index in [1.807, 2.05) is 12.1 Å². The first-order valence-corrected chi connectivity index (χ1v) is 5.27. The van der Waals surface area contributed by atoms with E-state index < -0.39 is 0 Å². The molecule has 0 atom stereocenters. The van der Waals surface area contributed by atoms with Crippen LogP contribution in [-0.4, -0.2) is 11.7 Å². The van der Waals surface area contributed by atoms with E-state index in [0.29, 0.717) is 12.3 Å². The molecule has 0 saturated heterocycles. The quantitative estimate of drug-likeness (QED) is 0.774. The predicted molar refractivity (Wildman–Crippen MR) is 62.6 cm³/mol. The van der Waals surface area contributed by atoms with Crippen LogP contribution in [0.3, 0.4) is 0 Å². The zero-order valence-electron chi connectivity index (χ0n) is 9.25. The van der Waals surface area contributed by atoms with Gasteiger partial charge in [0, 0.05) is 12.0 Å². The second-order valence-corrected chi connectivity index (χ2v) is 4.75. The molecule has 2 nitrogen and oxygen atoms in total. The van der Waals surface area contributed by atoms with E-state index in [4.69, 9.17) is 5.73 Å². The number of aromatic hydroxyl groups is 1. The molecule has 80 valence electrons. The van der Waals surface area contributed by atoms with E-state index in [9.17, 15) is 5.11 Å².